The lowest BCUT2D eigenvalue weighted by atomic mass is 10.1. The zero-order chi connectivity index (χ0) is 23.5. The Morgan fingerprint density at radius 1 is 1.12 bits per heavy atom. The van der Waals surface area contributed by atoms with Crippen molar-refractivity contribution >= 4 is 89.4 Å². The highest BCUT2D eigenvalue weighted by Gasteiger charge is 2.33. The quantitative estimate of drug-likeness (QED) is 0.206. The zero-order valence-corrected chi connectivity index (χ0v) is 22.7. The average Bonchev–Trinajstić information content (AvgIpc) is 3.06. The summed E-state index contributed by atoms with van der Waals surface area (Å²) < 4.78 is 13.6. The van der Waals surface area contributed by atoms with Crippen molar-refractivity contribution in [1.82, 2.24) is 0 Å². The molecule has 1 aliphatic rings. The van der Waals surface area contributed by atoms with Crippen LogP contribution in [0.25, 0.3) is 6.08 Å². The summed E-state index contributed by atoms with van der Waals surface area (Å²) >= 11 is 19.7. The van der Waals surface area contributed by atoms with Gasteiger partial charge in [0.25, 0.3) is 5.91 Å². The molecule has 0 saturated carbocycles. The van der Waals surface area contributed by atoms with Crippen LogP contribution >= 0.6 is 67.4 Å². The minimum atomic E-state index is -0.166. The van der Waals surface area contributed by atoms with E-state index in [0.29, 0.717) is 36.8 Å². The second-order valence-electron chi connectivity index (χ2n) is 6.95. The zero-order valence-electron chi connectivity index (χ0n) is 17.2. The number of halogens is 3. The van der Waals surface area contributed by atoms with E-state index in [2.05, 4.69) is 31.9 Å². The molecule has 1 heterocycles. The van der Waals surface area contributed by atoms with Gasteiger partial charge in [0, 0.05) is 9.50 Å². The average molecular weight is 626 g/mol. The van der Waals surface area contributed by atoms with Crippen LogP contribution in [-0.4, -0.2) is 17.3 Å². The maximum atomic E-state index is 13.1. The SMILES string of the molecule is COc1cc(/C=C2/SC(=S)N(c3cccc(Br)c3)C2=O)cc(Br)c1OCc1ccc(Cl)cc1. The largest absolute Gasteiger partial charge is 0.493 e. The standard InChI is InChI=1S/C24H16Br2ClNO3S2/c1-30-20-10-15(9-19(26)22(20)31-13-14-5-7-17(27)8-6-14)11-21-23(29)28(24(32)33-21)18-4-2-3-16(25)12-18/h2-12H,13H2,1H3/b21-11+. The highest BCUT2D eigenvalue weighted by molar-refractivity contribution is 9.10. The van der Waals surface area contributed by atoms with Crippen molar-refractivity contribution in [3.05, 3.63) is 90.7 Å². The number of thiocarbonyl (C=S) groups is 1. The lowest BCUT2D eigenvalue weighted by molar-refractivity contribution is -0.113. The van der Waals surface area contributed by atoms with E-state index in [-0.39, 0.29) is 5.91 Å². The van der Waals surface area contributed by atoms with Crippen LogP contribution in [0.1, 0.15) is 11.1 Å². The van der Waals surface area contributed by atoms with Gasteiger partial charge in [-0.1, -0.05) is 69.7 Å². The third kappa shape index (κ3) is 5.63. The number of hydrogen-bond acceptors (Lipinski definition) is 5. The summed E-state index contributed by atoms with van der Waals surface area (Å²) in [5, 5.41) is 0.673. The van der Waals surface area contributed by atoms with Gasteiger partial charge in [-0.3, -0.25) is 9.69 Å². The second kappa shape index (κ2) is 10.6. The number of carbonyl (C=O) groups is 1. The van der Waals surface area contributed by atoms with Crippen LogP contribution < -0.4 is 14.4 Å². The molecule has 1 saturated heterocycles. The van der Waals surface area contributed by atoms with Crippen LogP contribution in [0.5, 0.6) is 11.5 Å². The van der Waals surface area contributed by atoms with Crippen molar-refractivity contribution in [2.24, 2.45) is 0 Å². The molecule has 4 nitrogen and oxygen atoms in total. The van der Waals surface area contributed by atoms with Gasteiger partial charge in [-0.2, -0.15) is 0 Å². The number of nitrogens with zero attached hydrogens (tertiary/aromatic N) is 1. The number of amides is 1. The highest BCUT2D eigenvalue weighted by atomic mass is 79.9. The van der Waals surface area contributed by atoms with Crippen LogP contribution in [0.3, 0.4) is 0 Å². The third-order valence-electron chi connectivity index (χ3n) is 4.71. The van der Waals surface area contributed by atoms with E-state index in [1.165, 1.54) is 16.7 Å². The first-order valence-corrected chi connectivity index (χ1v) is 12.8. The summed E-state index contributed by atoms with van der Waals surface area (Å²) in [4.78, 5) is 15.1. The first-order chi connectivity index (χ1) is 15.9. The third-order valence-corrected chi connectivity index (χ3v) is 7.34. The number of anilines is 1. The predicted molar refractivity (Wildman–Crippen MR) is 146 cm³/mol. The van der Waals surface area contributed by atoms with E-state index < -0.39 is 0 Å². The molecule has 0 aromatic heterocycles. The van der Waals surface area contributed by atoms with Gasteiger partial charge in [-0.25, -0.2) is 0 Å². The Hall–Kier alpha value is -1.84. The summed E-state index contributed by atoms with van der Waals surface area (Å²) in [6.45, 7) is 0.358. The Bertz CT molecular complexity index is 1270. The van der Waals surface area contributed by atoms with Gasteiger partial charge >= 0.3 is 0 Å². The smallest absolute Gasteiger partial charge is 0.270 e. The first-order valence-electron chi connectivity index (χ1n) is 9.64. The molecule has 9 heteroatoms. The lowest BCUT2D eigenvalue weighted by Gasteiger charge is -2.15. The molecule has 0 radical (unpaired) electrons. The molecule has 0 bridgehead atoms. The predicted octanol–water partition coefficient (Wildman–Crippen LogP) is 7.86. The van der Waals surface area contributed by atoms with Crippen LogP contribution in [0.4, 0.5) is 5.69 Å². The molecule has 4 rings (SSSR count). The van der Waals surface area contributed by atoms with Crippen molar-refractivity contribution in [1.29, 1.82) is 0 Å². The number of thioether (sulfide) groups is 1. The Labute approximate surface area is 223 Å². The van der Waals surface area contributed by atoms with Crippen molar-refractivity contribution in [3.8, 4) is 11.5 Å². The Morgan fingerprint density at radius 3 is 2.58 bits per heavy atom. The van der Waals surface area contributed by atoms with E-state index in [4.69, 9.17) is 33.3 Å². The summed E-state index contributed by atoms with van der Waals surface area (Å²) in [7, 11) is 1.58. The number of methoxy groups -OCH3 is 1. The lowest BCUT2D eigenvalue weighted by Crippen LogP contribution is -2.27. The van der Waals surface area contributed by atoms with E-state index in [1.54, 1.807) is 13.2 Å². The van der Waals surface area contributed by atoms with Crippen molar-refractivity contribution < 1.29 is 14.3 Å². The molecule has 3 aromatic carbocycles. The van der Waals surface area contributed by atoms with Gasteiger partial charge in [0.15, 0.2) is 15.8 Å². The molecule has 168 valence electrons. The number of rotatable bonds is 6. The number of hydrogen-bond donors (Lipinski definition) is 0. The van der Waals surface area contributed by atoms with Crippen molar-refractivity contribution in [3.63, 3.8) is 0 Å². The number of ether oxygens (including phenoxy) is 2. The van der Waals surface area contributed by atoms with Gasteiger partial charge in [0.1, 0.15) is 6.61 Å². The molecule has 0 N–H and O–H groups in total. The Balaban J connectivity index is 1.58. The summed E-state index contributed by atoms with van der Waals surface area (Å²) in [5.41, 5.74) is 2.49. The monoisotopic (exact) mass is 623 g/mol. The van der Waals surface area contributed by atoms with Crippen molar-refractivity contribution in [2.75, 3.05) is 12.0 Å². The van der Waals surface area contributed by atoms with E-state index >= 15 is 0 Å². The fraction of sp³-hybridized carbons (Fsp3) is 0.0833. The maximum absolute atomic E-state index is 13.1. The van der Waals surface area contributed by atoms with Gasteiger partial charge in [0.2, 0.25) is 0 Å². The second-order valence-corrected chi connectivity index (χ2v) is 10.8. The van der Waals surface area contributed by atoms with E-state index in [9.17, 15) is 4.79 Å². The molecule has 1 amide bonds. The molecular weight excluding hydrogens is 610 g/mol. The normalized spacial score (nSPS) is 14.8. The molecule has 33 heavy (non-hydrogen) atoms. The fourth-order valence-corrected chi connectivity index (χ4v) is 5.54. The summed E-state index contributed by atoms with van der Waals surface area (Å²) in [6, 6.07) is 18.6. The highest BCUT2D eigenvalue weighted by Crippen LogP contribution is 2.40. The molecular formula is C24H16Br2ClNO3S2. The van der Waals surface area contributed by atoms with Gasteiger partial charge in [0.05, 0.1) is 22.2 Å². The summed E-state index contributed by atoms with van der Waals surface area (Å²) in [5.74, 6) is 0.958. The molecule has 0 aliphatic carbocycles. The van der Waals surface area contributed by atoms with Crippen LogP contribution in [0.15, 0.2) is 74.5 Å². The number of carbonyl (C=O) groups excluding carboxylic acids is 1. The molecule has 0 spiro atoms. The van der Waals surface area contributed by atoms with Gasteiger partial charge < -0.3 is 9.47 Å². The molecule has 1 fully saturated rings. The maximum Gasteiger partial charge on any atom is 0.270 e. The Kier molecular flexibility index (Phi) is 7.81. The first kappa shape index (κ1) is 24.3. The number of benzene rings is 3. The molecule has 3 aromatic rings. The molecule has 0 atom stereocenters. The summed E-state index contributed by atoms with van der Waals surface area (Å²) in [6.07, 6.45) is 1.80. The van der Waals surface area contributed by atoms with E-state index in [0.717, 1.165) is 21.3 Å². The minimum Gasteiger partial charge on any atom is -0.493 e. The molecule has 0 unspecified atom stereocenters. The van der Waals surface area contributed by atoms with E-state index in [1.807, 2.05) is 60.7 Å². The van der Waals surface area contributed by atoms with Gasteiger partial charge in [-0.05, 0) is 75.6 Å². The minimum absolute atomic E-state index is 0.166. The van der Waals surface area contributed by atoms with Crippen molar-refractivity contribution in [2.45, 2.75) is 6.61 Å². The van der Waals surface area contributed by atoms with Crippen LogP contribution in [0, 0.1) is 0 Å². The molecule has 1 aliphatic heterocycles. The van der Waals surface area contributed by atoms with Crippen LogP contribution in [0.2, 0.25) is 5.02 Å². The Morgan fingerprint density at radius 2 is 1.88 bits per heavy atom. The van der Waals surface area contributed by atoms with Crippen LogP contribution in [-0.2, 0) is 11.4 Å². The fourth-order valence-electron chi connectivity index (χ4n) is 3.16. The van der Waals surface area contributed by atoms with Gasteiger partial charge in [-0.15, -0.1) is 0 Å². The topological polar surface area (TPSA) is 38.8 Å².